The molecule has 3 aromatic rings. The van der Waals surface area contributed by atoms with Gasteiger partial charge < -0.3 is 15.4 Å². The van der Waals surface area contributed by atoms with Crippen molar-refractivity contribution in [3.63, 3.8) is 0 Å². The first-order chi connectivity index (χ1) is 16.6. The average Bonchev–Trinajstić information content (AvgIpc) is 3.08. The van der Waals surface area contributed by atoms with Crippen molar-refractivity contribution in [1.82, 2.24) is 19.7 Å². The van der Waals surface area contributed by atoms with Gasteiger partial charge in [0.2, 0.25) is 0 Å². The number of nitrogens with two attached hydrogens (primary N) is 1. The molecule has 5 N–H and O–H groups in total. The number of piperidine rings is 1. The zero-order valence-corrected chi connectivity index (χ0v) is 20.7. The highest BCUT2D eigenvalue weighted by atomic mass is 32.3. The first-order valence-corrected chi connectivity index (χ1v) is 12.9. The quantitative estimate of drug-likeness (QED) is 0.426. The molecular formula is C23H29N7O4S. The summed E-state index contributed by atoms with van der Waals surface area (Å²) in [6.45, 7) is 4.67. The number of carbonyl (C=O) groups excluding carboxylic acids is 1. The molecule has 4 heterocycles. The molecular weight excluding hydrogens is 470 g/mol. The van der Waals surface area contributed by atoms with Crippen LogP contribution in [0, 0.1) is 13.8 Å². The molecule has 0 bridgehead atoms. The van der Waals surface area contributed by atoms with Crippen LogP contribution in [0.5, 0.6) is 5.75 Å². The molecule has 1 saturated heterocycles. The topological polar surface area (TPSA) is 151 Å². The van der Waals surface area contributed by atoms with Gasteiger partial charge in [-0.3, -0.25) is 23.3 Å². The molecule has 5 rings (SSSR count). The van der Waals surface area contributed by atoms with Gasteiger partial charge in [-0.1, -0.05) is 6.07 Å². The number of nitrogens with one attached hydrogen (secondary N) is 1. The normalized spacial score (nSPS) is 20.1. The minimum absolute atomic E-state index is 0.00682. The van der Waals surface area contributed by atoms with E-state index < -0.39 is 11.0 Å². The van der Waals surface area contributed by atoms with Crippen molar-refractivity contribution in [2.75, 3.05) is 17.9 Å². The number of benzene rings is 1. The maximum absolute atomic E-state index is 13.8. The van der Waals surface area contributed by atoms with Crippen LogP contribution in [0.25, 0.3) is 11.0 Å². The lowest BCUT2D eigenvalue weighted by Crippen LogP contribution is -2.47. The van der Waals surface area contributed by atoms with Crippen LogP contribution in [0.15, 0.2) is 28.7 Å². The van der Waals surface area contributed by atoms with Crippen LogP contribution in [0.3, 0.4) is 0 Å². The molecule has 0 radical (unpaired) electrons. The van der Waals surface area contributed by atoms with Crippen molar-refractivity contribution in [2.24, 2.45) is 17.2 Å². The third kappa shape index (κ3) is 4.28. The van der Waals surface area contributed by atoms with E-state index >= 15 is 0 Å². The summed E-state index contributed by atoms with van der Waals surface area (Å²) in [6, 6.07) is 6.87. The third-order valence-electron chi connectivity index (χ3n) is 6.40. The number of amidine groups is 1. The molecule has 12 heteroatoms. The van der Waals surface area contributed by atoms with E-state index in [2.05, 4.69) is 19.2 Å². The van der Waals surface area contributed by atoms with E-state index in [9.17, 15) is 13.9 Å². The fourth-order valence-corrected chi connectivity index (χ4v) is 5.75. The Morgan fingerprint density at radius 1 is 1.31 bits per heavy atom. The molecule has 2 aromatic heterocycles. The fraction of sp³-hybridized carbons (Fsp3) is 0.391. The van der Waals surface area contributed by atoms with Crippen LogP contribution in [0.4, 0.5) is 5.69 Å². The Bertz CT molecular complexity index is 1350. The van der Waals surface area contributed by atoms with E-state index in [1.54, 1.807) is 22.9 Å². The zero-order valence-electron chi connectivity index (χ0n) is 19.9. The Morgan fingerprint density at radius 2 is 2.11 bits per heavy atom. The van der Waals surface area contributed by atoms with Crippen LogP contribution in [0.1, 0.15) is 46.6 Å². The Balaban J connectivity index is 1.42. The second-order valence-electron chi connectivity index (χ2n) is 8.95. The van der Waals surface area contributed by atoms with Crippen LogP contribution >= 0.6 is 11.0 Å². The number of nitrogens with zero attached hydrogens (tertiary/aromatic N) is 5. The smallest absolute Gasteiger partial charge is 0.255 e. The molecule has 0 spiro atoms. The number of likely N-dealkylation sites (tertiary alicyclic amines) is 1. The van der Waals surface area contributed by atoms with Gasteiger partial charge >= 0.3 is 0 Å². The van der Waals surface area contributed by atoms with Crippen LogP contribution in [-0.4, -0.2) is 59.7 Å². The number of anilines is 1. The van der Waals surface area contributed by atoms with Gasteiger partial charge in [-0.05, 0) is 62.3 Å². The molecule has 11 nitrogen and oxygen atoms in total. The lowest BCUT2D eigenvalue weighted by Gasteiger charge is -2.36. The standard InChI is InChI=1S/C23H29N7O4S/c1-13-11-16(19-14(2)26-29(3)22(19)25-13)23(31)30-10-5-4-7-15(30)12-34-18-9-6-8-17-20(18)21(24)28-35(32,33)27-17/h6,8-9,11,15,27,32-33H,4-5,7,10,12H2,1-3H3,(H2,24,28). The van der Waals surface area contributed by atoms with Gasteiger partial charge in [-0.2, -0.15) is 5.10 Å². The second kappa shape index (κ2) is 8.70. The van der Waals surface area contributed by atoms with Crippen molar-refractivity contribution in [3.05, 3.63) is 46.8 Å². The van der Waals surface area contributed by atoms with E-state index in [1.807, 2.05) is 31.9 Å². The molecule has 2 aliphatic rings. The minimum atomic E-state index is -3.38. The zero-order chi connectivity index (χ0) is 24.9. The largest absolute Gasteiger partial charge is 0.491 e. The van der Waals surface area contributed by atoms with Crippen molar-refractivity contribution in [3.8, 4) is 5.75 Å². The number of fused-ring (bicyclic) bond motifs is 2. The highest BCUT2D eigenvalue weighted by Gasteiger charge is 2.31. The summed E-state index contributed by atoms with van der Waals surface area (Å²) >= 11 is 0. The summed E-state index contributed by atoms with van der Waals surface area (Å²) < 4.78 is 34.0. The van der Waals surface area contributed by atoms with Gasteiger partial charge in [0.15, 0.2) is 11.5 Å². The highest BCUT2D eigenvalue weighted by Crippen LogP contribution is 2.46. The van der Waals surface area contributed by atoms with E-state index in [0.29, 0.717) is 34.8 Å². The Morgan fingerprint density at radius 3 is 2.91 bits per heavy atom. The molecule has 0 aliphatic carbocycles. The number of aryl methyl sites for hydroxylation is 3. The number of hydrogen-bond acceptors (Lipinski definition) is 9. The second-order valence-corrected chi connectivity index (χ2v) is 10.4. The Kier molecular flexibility index (Phi) is 5.82. The molecule has 0 saturated carbocycles. The SMILES string of the molecule is Cc1cc(C(=O)N2CCCCC2COc2cccc3c2C(N)=NS(O)(O)N3)c2c(C)nn(C)c2n1. The van der Waals surface area contributed by atoms with Crippen LogP contribution in [0.2, 0.25) is 0 Å². The van der Waals surface area contributed by atoms with Gasteiger partial charge in [0.1, 0.15) is 12.4 Å². The first-order valence-electron chi connectivity index (χ1n) is 11.4. The molecule has 1 atom stereocenters. The summed E-state index contributed by atoms with van der Waals surface area (Å²) in [5.41, 5.74) is 9.76. The lowest BCUT2D eigenvalue weighted by atomic mass is 10.00. The number of ether oxygens (including phenoxy) is 1. The van der Waals surface area contributed by atoms with Gasteiger partial charge in [-0.25, -0.2) is 4.98 Å². The highest BCUT2D eigenvalue weighted by molar-refractivity contribution is 8.24. The van der Waals surface area contributed by atoms with Gasteiger partial charge in [-0.15, -0.1) is 4.40 Å². The van der Waals surface area contributed by atoms with Crippen LogP contribution in [-0.2, 0) is 7.05 Å². The number of amides is 1. The van der Waals surface area contributed by atoms with E-state index in [-0.39, 0.29) is 24.4 Å². The van der Waals surface area contributed by atoms with Crippen molar-refractivity contribution < 1.29 is 18.6 Å². The average molecular weight is 500 g/mol. The maximum atomic E-state index is 13.8. The van der Waals surface area contributed by atoms with E-state index in [4.69, 9.17) is 10.5 Å². The summed E-state index contributed by atoms with van der Waals surface area (Å²) in [4.78, 5) is 20.3. The predicted octanol–water partition coefficient (Wildman–Crippen LogP) is 3.37. The maximum Gasteiger partial charge on any atom is 0.255 e. The molecule has 1 fully saturated rings. The van der Waals surface area contributed by atoms with E-state index in [0.717, 1.165) is 36.0 Å². The molecule has 35 heavy (non-hydrogen) atoms. The summed E-state index contributed by atoms with van der Waals surface area (Å²) in [7, 11) is -1.55. The molecule has 1 amide bonds. The van der Waals surface area contributed by atoms with Crippen LogP contribution < -0.4 is 15.2 Å². The van der Waals surface area contributed by atoms with Crippen molar-refractivity contribution in [1.29, 1.82) is 0 Å². The lowest BCUT2D eigenvalue weighted by molar-refractivity contribution is 0.0530. The number of pyridine rings is 1. The molecule has 1 unspecified atom stereocenters. The summed E-state index contributed by atoms with van der Waals surface area (Å²) in [5.74, 6) is 0.402. The summed E-state index contributed by atoms with van der Waals surface area (Å²) in [6.07, 6.45) is 2.72. The number of hydrogen-bond donors (Lipinski definition) is 4. The van der Waals surface area contributed by atoms with Gasteiger partial charge in [0.05, 0.1) is 33.9 Å². The molecule has 1 aromatic carbocycles. The van der Waals surface area contributed by atoms with Crippen molar-refractivity contribution >= 4 is 39.4 Å². The number of aromatic nitrogens is 3. The van der Waals surface area contributed by atoms with Gasteiger partial charge in [0.25, 0.3) is 5.91 Å². The molecule has 2 aliphatic heterocycles. The monoisotopic (exact) mass is 499 g/mol. The number of carbonyl (C=O) groups is 1. The summed E-state index contributed by atoms with van der Waals surface area (Å²) in [5, 5.41) is 5.25. The van der Waals surface area contributed by atoms with E-state index in [1.165, 1.54) is 0 Å². The molecule has 186 valence electrons. The Labute approximate surface area is 204 Å². The number of rotatable bonds is 4. The Hall–Kier alpha value is -3.35. The third-order valence-corrected chi connectivity index (χ3v) is 7.35. The van der Waals surface area contributed by atoms with Gasteiger partial charge in [0, 0.05) is 19.3 Å². The fourth-order valence-electron chi connectivity index (χ4n) is 4.87. The van der Waals surface area contributed by atoms with Crippen molar-refractivity contribution in [2.45, 2.75) is 39.2 Å². The minimum Gasteiger partial charge on any atom is -0.491 e. The first kappa shape index (κ1) is 23.4. The predicted molar refractivity (Wildman–Crippen MR) is 136 cm³/mol.